The van der Waals surface area contributed by atoms with E-state index in [1.165, 1.54) is 107 Å². The molecule has 3 fully saturated rings. The fourth-order valence-electron chi connectivity index (χ4n) is 10.6. The number of β-lactam (4-membered cyclic amide) rings is 3. The normalized spacial score (nSPS) is 21.1. The summed E-state index contributed by atoms with van der Waals surface area (Å²) in [7, 11) is 5.02. The number of oxime groups is 2. The van der Waals surface area contributed by atoms with Crippen LogP contribution in [0, 0.1) is 0 Å². The number of hydrogen-bond acceptors (Lipinski definition) is 27. The van der Waals surface area contributed by atoms with E-state index < -0.39 is 93.6 Å². The molecule has 0 bridgehead atoms. The molecular formula is C56H66N15NaO17S5+2. The molecule has 496 valence electrons. The zero-order valence-corrected chi connectivity index (χ0v) is 57.3. The fraction of sp³-hybridized carbons (Fsp3) is 0.357. The number of nitrogens with zero attached hydrogens (tertiary/aromatic N) is 8. The van der Waals surface area contributed by atoms with Crippen molar-refractivity contribution in [3.8, 4) is 5.75 Å². The van der Waals surface area contributed by atoms with Crippen molar-refractivity contribution in [2.45, 2.75) is 73.0 Å². The van der Waals surface area contributed by atoms with Crippen molar-refractivity contribution in [1.82, 2.24) is 46.8 Å². The van der Waals surface area contributed by atoms with Crippen LogP contribution in [0.5, 0.6) is 5.75 Å². The largest absolute Gasteiger partial charge is 1.00 e. The number of carboxylic acids is 3. The van der Waals surface area contributed by atoms with Crippen LogP contribution in [0.1, 0.15) is 47.6 Å². The second kappa shape index (κ2) is 33.4. The van der Waals surface area contributed by atoms with E-state index in [2.05, 4.69) is 46.9 Å². The van der Waals surface area contributed by atoms with Crippen molar-refractivity contribution in [1.29, 1.82) is 0 Å². The third kappa shape index (κ3) is 15.9. The average molecular weight is 1400 g/mol. The molecule has 3 aromatic heterocycles. The number of aliphatic hydroxyl groups excluding tert-OH is 1. The molecule has 17 N–H and O–H groups in total. The van der Waals surface area contributed by atoms with Crippen molar-refractivity contribution >= 4 is 133 Å². The zero-order chi connectivity index (χ0) is 66.8. The number of aliphatic hydroxyl groups is 1. The number of benzene rings is 1. The van der Waals surface area contributed by atoms with Crippen molar-refractivity contribution in [3.63, 3.8) is 0 Å². The molecule has 94 heavy (non-hydrogen) atoms. The summed E-state index contributed by atoms with van der Waals surface area (Å²) in [6, 6.07) is 6.34. The smallest absolute Gasteiger partial charge is 0.508 e. The van der Waals surface area contributed by atoms with Gasteiger partial charge in [-0.3, -0.25) is 43.5 Å². The van der Waals surface area contributed by atoms with Crippen LogP contribution in [-0.2, 0) is 76.9 Å². The van der Waals surface area contributed by atoms with E-state index >= 15 is 0 Å². The third-order valence-corrected chi connectivity index (χ3v) is 19.9. The number of aromatic hydroxyl groups is 1. The SMILES string of the molecule is C/C=C/C1=C(C(=O)O)N2C(=O)[C@@H](NC(=O)[C@H](N)c3ccc(O)cc3)[C@H]2SC1.CO.CO/N=C(\C(=O)N[C@@H]1C(=O)N2C(C(=O)O)=C(C[n+]3cccc4c3CCC4)CS[C@H]12)c1csc(N)n1.COCC1=C(C(=O)O)N2C(=O)[C@@H](NC(=O)/C(=N\OC)c3csc(N)n3)[C@H]2SC1.N.[Na+]. The van der Waals surface area contributed by atoms with Crippen LogP contribution in [0.15, 0.2) is 110 Å². The monoisotopic (exact) mass is 1400 g/mol. The first-order valence-corrected chi connectivity index (χ1v) is 32.4. The maximum absolute atomic E-state index is 13.0. The number of ether oxygens (including phenoxy) is 1. The van der Waals surface area contributed by atoms with Crippen LogP contribution in [0.3, 0.4) is 0 Å². The average Bonchev–Trinajstić information content (AvgIpc) is 0.971. The van der Waals surface area contributed by atoms with E-state index in [9.17, 15) is 63.6 Å². The number of methoxy groups -OCH3 is 1. The number of phenols is 1. The molecule has 1 aliphatic carbocycles. The van der Waals surface area contributed by atoms with Crippen molar-refractivity contribution < 1.29 is 117 Å². The van der Waals surface area contributed by atoms with Crippen LogP contribution in [0.25, 0.3) is 0 Å². The molecule has 7 atom stereocenters. The molecule has 0 radical (unpaired) electrons. The summed E-state index contributed by atoms with van der Waals surface area (Å²) >= 11 is 6.43. The van der Waals surface area contributed by atoms with Gasteiger partial charge in [0.05, 0.1) is 6.61 Å². The van der Waals surface area contributed by atoms with Crippen LogP contribution in [0.4, 0.5) is 10.3 Å². The number of pyridine rings is 1. The molecular weight excluding hydrogens is 1340 g/mol. The predicted molar refractivity (Wildman–Crippen MR) is 343 cm³/mol. The summed E-state index contributed by atoms with van der Waals surface area (Å²) in [5, 5.41) is 62.6. The topological polar surface area (TPSA) is 496 Å². The third-order valence-electron chi connectivity index (χ3n) is 14.6. The van der Waals surface area contributed by atoms with Crippen LogP contribution in [0.2, 0.25) is 0 Å². The maximum Gasteiger partial charge on any atom is 1.00 e. The summed E-state index contributed by atoms with van der Waals surface area (Å²) in [4.78, 5) is 133. The molecule has 6 amide bonds. The number of nitrogens with one attached hydrogen (secondary N) is 3. The Morgan fingerprint density at radius 2 is 1.18 bits per heavy atom. The second-order valence-electron chi connectivity index (χ2n) is 20.2. The summed E-state index contributed by atoms with van der Waals surface area (Å²) in [6.45, 7) is 2.29. The van der Waals surface area contributed by atoms with E-state index in [1.54, 1.807) is 29.8 Å². The van der Waals surface area contributed by atoms with E-state index in [0.29, 0.717) is 46.1 Å². The van der Waals surface area contributed by atoms with Crippen LogP contribution in [-0.4, -0.2) is 202 Å². The number of carboxylic acid groups (broad SMARTS) is 3. The van der Waals surface area contributed by atoms with E-state index in [0.717, 1.165) is 49.0 Å². The number of amides is 6. The number of allylic oxidation sites excluding steroid dienone is 2. The van der Waals surface area contributed by atoms with Crippen molar-refractivity contribution in [2.75, 3.05) is 63.8 Å². The molecule has 0 saturated carbocycles. The van der Waals surface area contributed by atoms with Crippen LogP contribution >= 0.6 is 58.0 Å². The Bertz CT molecular complexity index is 3790. The second-order valence-corrected chi connectivity index (χ2v) is 25.3. The number of carbonyl (C=O) groups excluding carboxylic acids is 6. The fourth-order valence-corrected chi connectivity index (χ4v) is 15.7. The van der Waals surface area contributed by atoms with Gasteiger partial charge in [-0.15, -0.1) is 58.0 Å². The molecule has 38 heteroatoms. The Kier molecular flexibility index (Phi) is 26.7. The number of thioether (sulfide) groups is 3. The number of aliphatic carboxylic acids is 3. The van der Waals surface area contributed by atoms with Gasteiger partial charge in [-0.25, -0.2) is 24.4 Å². The number of carbonyl (C=O) groups is 9. The van der Waals surface area contributed by atoms with Gasteiger partial charge in [-0.05, 0) is 54.7 Å². The number of rotatable bonds is 19. The molecule has 0 spiro atoms. The minimum Gasteiger partial charge on any atom is -0.508 e. The van der Waals surface area contributed by atoms with Gasteiger partial charge in [0.1, 0.15) is 88.7 Å². The quantitative estimate of drug-likeness (QED) is 0.0149. The van der Waals surface area contributed by atoms with Gasteiger partial charge in [-0.2, -0.15) is 4.57 Å². The van der Waals surface area contributed by atoms with E-state index in [-0.39, 0.29) is 98.2 Å². The first-order chi connectivity index (χ1) is 44.1. The number of hydrogen-bond donors (Lipinski definition) is 12. The summed E-state index contributed by atoms with van der Waals surface area (Å²) in [6.07, 6.45) is 8.40. The first-order valence-electron chi connectivity index (χ1n) is 27.5. The molecule has 0 unspecified atom stereocenters. The number of thiazole rings is 2. The Morgan fingerprint density at radius 1 is 0.713 bits per heavy atom. The minimum atomic E-state index is -1.21. The molecule has 9 heterocycles. The molecule has 32 nitrogen and oxygen atoms in total. The van der Waals surface area contributed by atoms with Gasteiger partial charge in [0.2, 0.25) is 5.91 Å². The molecule has 1 aromatic carbocycles. The zero-order valence-electron chi connectivity index (χ0n) is 51.2. The molecule has 11 rings (SSSR count). The first kappa shape index (κ1) is 75.1. The number of aryl methyl sites for hydroxylation is 1. The van der Waals surface area contributed by atoms with E-state index in [4.69, 9.17) is 36.7 Å². The van der Waals surface area contributed by atoms with Gasteiger partial charge in [0.15, 0.2) is 40.1 Å². The van der Waals surface area contributed by atoms with Crippen LogP contribution < -0.4 is 73.4 Å². The molecule has 7 aliphatic rings. The van der Waals surface area contributed by atoms with Crippen molar-refractivity contribution in [3.05, 3.63) is 128 Å². The number of aromatic nitrogens is 3. The number of nitrogen functional groups attached to an aromatic ring is 2. The molecule has 4 aromatic rings. The van der Waals surface area contributed by atoms with E-state index in [1.807, 2.05) is 12.3 Å². The van der Waals surface area contributed by atoms with Gasteiger partial charge in [-0.1, -0.05) is 34.6 Å². The predicted octanol–water partition coefficient (Wildman–Crippen LogP) is -2.77. The standard InChI is InChI=1S/C22H22N6O5S2.C18H19N3O5S.C15H17N5O6S2.CH4O.H3N.Na/c1-33-26-15(13-10-35-22(23)24-13)18(29)25-16-19(30)28-17(21(31)32)12(9-34-20(16)28)8-27-7-3-5-11-4-2-6-14(11)27;1-2-3-10-8-27-17-13(16(24)21(17)14(10)18(25)26)20-15(23)12(19)9-4-6-11(22)7-5-9;1-25-3-6-4-27-13-9(12(22)20(13)10(6)14(23)24)18-11(21)8(19-26-2)7-5-28-15(16)17-7;1-2;;/h3,5,7,10,16,20H,2,4,6,8-9H2,1H3,(H3-,23,24,25,29,31,32);2-7,12-13,17,22H,8,19H2,1H3,(H,20,23)(H,25,26);5,9,13H,3-4H2,1-2H3,(H2,16,17)(H,18,21)(H,23,24);2H,1H3;1H3;/q;;;;;+1/p+1/b26-15-;3-2+;19-8-;;;/t16-,20-;12-,13-,17-;9-,13-;;;/m111.../s1. The molecule has 6 aliphatic heterocycles. The maximum atomic E-state index is 13.0. The van der Waals surface area contributed by atoms with Gasteiger partial charge in [0.25, 0.3) is 29.5 Å². The summed E-state index contributed by atoms with van der Waals surface area (Å²) in [5.74, 6) is -5.60. The van der Waals surface area contributed by atoms with Gasteiger partial charge >= 0.3 is 47.5 Å². The van der Waals surface area contributed by atoms with Gasteiger partial charge < -0.3 is 79.2 Å². The summed E-state index contributed by atoms with van der Waals surface area (Å²) in [5.41, 5.74) is 21.9. The summed E-state index contributed by atoms with van der Waals surface area (Å²) < 4.78 is 7.10. The Hall–Kier alpha value is -7.95. The Balaban J connectivity index is 0.000000221. The number of phenolic OH excluding ortho intramolecular Hbond substituents is 1. The number of fused-ring (bicyclic) bond motifs is 4. The molecule has 3 saturated heterocycles. The minimum absolute atomic E-state index is 0. The number of nitrogens with two attached hydrogens (primary N) is 3. The Morgan fingerprint density at radius 3 is 1.64 bits per heavy atom. The Labute approximate surface area is 579 Å². The van der Waals surface area contributed by atoms with Crippen molar-refractivity contribution in [2.24, 2.45) is 16.0 Å². The van der Waals surface area contributed by atoms with Gasteiger partial charge in [0, 0.05) is 65.9 Å². The number of anilines is 2.